The van der Waals surface area contributed by atoms with E-state index in [2.05, 4.69) is 21.0 Å². The maximum atomic E-state index is 13.2. The zero-order valence-electron chi connectivity index (χ0n) is 7.53. The molecule has 9 heteroatoms. The molecule has 0 fully saturated rings. The largest absolute Gasteiger partial charge is 0.357 e. The lowest BCUT2D eigenvalue weighted by atomic mass is 10.1. The Kier molecular flexibility index (Phi) is 3.83. The summed E-state index contributed by atoms with van der Waals surface area (Å²) in [5.74, 6) is -9.50. The van der Waals surface area contributed by atoms with Crippen molar-refractivity contribution in [3.8, 4) is 0 Å². The zero-order chi connectivity index (χ0) is 12.6. The average molecular weight is 327 g/mol. The molecule has 0 saturated heterocycles. The van der Waals surface area contributed by atoms with Crippen molar-refractivity contribution in [1.82, 2.24) is 9.78 Å². The Morgan fingerprint density at radius 3 is 2.31 bits per heavy atom. The van der Waals surface area contributed by atoms with E-state index < -0.39 is 24.2 Å². The second kappa shape index (κ2) is 4.48. The van der Waals surface area contributed by atoms with Crippen LogP contribution < -0.4 is 0 Å². The third-order valence-corrected chi connectivity index (χ3v) is 2.59. The molecular weight excluding hydrogens is 322 g/mol. The molecule has 0 spiro atoms. The van der Waals surface area contributed by atoms with Gasteiger partial charge in [-0.15, -0.1) is 11.6 Å². The van der Waals surface area contributed by atoms with E-state index in [9.17, 15) is 22.0 Å². The van der Waals surface area contributed by atoms with Crippen molar-refractivity contribution in [2.24, 2.45) is 0 Å². The minimum Gasteiger partial charge on any atom is -0.256 e. The van der Waals surface area contributed by atoms with Crippen LogP contribution >= 0.6 is 27.5 Å². The van der Waals surface area contributed by atoms with Gasteiger partial charge in [0.2, 0.25) is 0 Å². The molecule has 0 N–H and O–H groups in total. The van der Waals surface area contributed by atoms with Crippen molar-refractivity contribution in [3.05, 3.63) is 16.4 Å². The molecule has 0 amide bonds. The Bertz CT molecular complexity index is 381. The van der Waals surface area contributed by atoms with E-state index in [1.807, 2.05) is 0 Å². The van der Waals surface area contributed by atoms with Crippen LogP contribution in [0.15, 0.2) is 10.7 Å². The minimum atomic E-state index is -4.80. The quantitative estimate of drug-likeness (QED) is 0.611. The number of rotatable bonds is 4. The Morgan fingerprint density at radius 1 is 1.38 bits per heavy atom. The van der Waals surface area contributed by atoms with Gasteiger partial charge in [-0.25, -0.2) is 4.39 Å². The molecule has 0 aliphatic heterocycles. The van der Waals surface area contributed by atoms with Crippen molar-refractivity contribution >= 4 is 27.5 Å². The van der Waals surface area contributed by atoms with Crippen LogP contribution in [0.3, 0.4) is 0 Å². The van der Waals surface area contributed by atoms with Gasteiger partial charge in [-0.1, -0.05) is 0 Å². The summed E-state index contributed by atoms with van der Waals surface area (Å²) in [6.07, 6.45) is 1.00. The molecule has 1 rings (SSSR count). The highest BCUT2D eigenvalue weighted by molar-refractivity contribution is 9.10. The fourth-order valence-corrected chi connectivity index (χ4v) is 1.62. The lowest BCUT2D eigenvalue weighted by molar-refractivity contribution is -0.225. The molecule has 2 nitrogen and oxygen atoms in total. The molecule has 92 valence electrons. The van der Waals surface area contributed by atoms with Gasteiger partial charge in [-0.2, -0.15) is 22.7 Å². The summed E-state index contributed by atoms with van der Waals surface area (Å²) in [6, 6.07) is -0.282. The van der Waals surface area contributed by atoms with E-state index in [-0.39, 0.29) is 10.5 Å². The number of hydrogen-bond acceptors (Lipinski definition) is 1. The second-order valence-corrected chi connectivity index (χ2v) is 3.99. The summed E-state index contributed by atoms with van der Waals surface area (Å²) in [4.78, 5) is 0. The second-order valence-electron chi connectivity index (χ2n) is 2.90. The van der Waals surface area contributed by atoms with E-state index in [0.717, 1.165) is 10.9 Å². The first kappa shape index (κ1) is 13.7. The van der Waals surface area contributed by atoms with Gasteiger partial charge in [0.25, 0.3) is 0 Å². The van der Waals surface area contributed by atoms with Crippen LogP contribution in [0.1, 0.15) is 5.69 Å². The summed E-state index contributed by atoms with van der Waals surface area (Å²) in [5, 5.41) is 3.16. The van der Waals surface area contributed by atoms with E-state index in [0.29, 0.717) is 0 Å². The number of nitrogens with zero attached hydrogens (tertiary/aromatic N) is 2. The van der Waals surface area contributed by atoms with Crippen molar-refractivity contribution in [2.45, 2.75) is 17.8 Å². The highest BCUT2D eigenvalue weighted by Gasteiger charge is 2.60. The van der Waals surface area contributed by atoms with Crippen LogP contribution in [0.4, 0.5) is 22.0 Å². The molecule has 1 heterocycles. The number of hydrogen-bond donors (Lipinski definition) is 0. The summed E-state index contributed by atoms with van der Waals surface area (Å²) in [6.45, 7) is -2.47. The predicted molar refractivity (Wildman–Crippen MR) is 50.6 cm³/mol. The smallest absolute Gasteiger partial charge is 0.256 e. The molecule has 1 aromatic rings. The van der Waals surface area contributed by atoms with E-state index in [1.165, 1.54) is 0 Å². The van der Waals surface area contributed by atoms with Gasteiger partial charge >= 0.3 is 11.8 Å². The highest BCUT2D eigenvalue weighted by Crippen LogP contribution is 2.44. The molecule has 0 aliphatic rings. The zero-order valence-corrected chi connectivity index (χ0v) is 9.87. The maximum Gasteiger partial charge on any atom is 0.357 e. The van der Waals surface area contributed by atoms with Crippen LogP contribution in [0.5, 0.6) is 0 Å². The topological polar surface area (TPSA) is 17.8 Å². The van der Waals surface area contributed by atoms with Gasteiger partial charge in [0.15, 0.2) is 12.4 Å². The Hall–Kier alpha value is -0.370. The first-order valence-corrected chi connectivity index (χ1v) is 5.20. The number of aromatic nitrogens is 2. The van der Waals surface area contributed by atoms with Gasteiger partial charge in [-0.3, -0.25) is 4.68 Å². The summed E-state index contributed by atoms with van der Waals surface area (Å²) in [5.41, 5.74) is -1.24. The molecule has 0 bridgehead atoms. The Balaban J connectivity index is 3.20. The molecule has 0 unspecified atom stereocenters. The number of alkyl halides is 6. The summed E-state index contributed by atoms with van der Waals surface area (Å²) >= 11 is 7.92. The monoisotopic (exact) mass is 326 g/mol. The first-order chi connectivity index (χ1) is 7.26. The minimum absolute atomic E-state index is 0.282. The molecule has 0 aromatic carbocycles. The highest BCUT2D eigenvalue weighted by atomic mass is 79.9. The lowest BCUT2D eigenvalue weighted by Crippen LogP contribution is -2.40. The molecule has 0 saturated carbocycles. The maximum absolute atomic E-state index is 13.2. The van der Waals surface area contributed by atoms with Gasteiger partial charge in [0.1, 0.15) is 6.00 Å². The predicted octanol–water partition coefficient (Wildman–Crippen LogP) is 3.54. The number of halogens is 7. The van der Waals surface area contributed by atoms with Crippen LogP contribution in [-0.4, -0.2) is 22.4 Å². The van der Waals surface area contributed by atoms with E-state index >= 15 is 0 Å². The van der Waals surface area contributed by atoms with Crippen molar-refractivity contribution < 1.29 is 22.0 Å². The SMILES string of the molecule is FCC(F)(F)C(F)(F)c1nn(CCl)cc1Br. The van der Waals surface area contributed by atoms with Crippen molar-refractivity contribution in [1.29, 1.82) is 0 Å². The third kappa shape index (κ3) is 2.17. The van der Waals surface area contributed by atoms with Crippen molar-refractivity contribution in [2.75, 3.05) is 6.67 Å². The molecule has 0 radical (unpaired) electrons. The van der Waals surface area contributed by atoms with Gasteiger partial charge in [-0.05, 0) is 15.9 Å². The van der Waals surface area contributed by atoms with Crippen LogP contribution in [0.25, 0.3) is 0 Å². The lowest BCUT2D eigenvalue weighted by Gasteiger charge is -2.22. The van der Waals surface area contributed by atoms with Crippen LogP contribution in [0.2, 0.25) is 0 Å². The molecule has 0 aliphatic carbocycles. The Labute approximate surface area is 100 Å². The van der Waals surface area contributed by atoms with Gasteiger partial charge in [0, 0.05) is 6.20 Å². The normalized spacial score (nSPS) is 13.2. The summed E-state index contributed by atoms with van der Waals surface area (Å²) < 4.78 is 64.1. The fraction of sp³-hybridized carbons (Fsp3) is 0.571. The molecule has 16 heavy (non-hydrogen) atoms. The van der Waals surface area contributed by atoms with E-state index in [4.69, 9.17) is 11.6 Å². The molecular formula is C7H5BrClF5N2. The molecule has 1 aromatic heterocycles. The van der Waals surface area contributed by atoms with Crippen LogP contribution in [0, 0.1) is 0 Å². The Morgan fingerprint density at radius 2 is 1.94 bits per heavy atom. The van der Waals surface area contributed by atoms with Crippen molar-refractivity contribution in [3.63, 3.8) is 0 Å². The standard InChI is InChI=1S/C7H5BrClF5N2/c8-4-1-16(3-9)15-5(4)7(13,14)6(11,12)2-10/h1H,2-3H2. The summed E-state index contributed by atoms with van der Waals surface area (Å²) in [7, 11) is 0. The first-order valence-electron chi connectivity index (χ1n) is 3.87. The van der Waals surface area contributed by atoms with Gasteiger partial charge < -0.3 is 0 Å². The van der Waals surface area contributed by atoms with E-state index in [1.54, 1.807) is 0 Å². The average Bonchev–Trinajstić information content (AvgIpc) is 2.59. The third-order valence-electron chi connectivity index (χ3n) is 1.76. The van der Waals surface area contributed by atoms with Crippen LogP contribution in [-0.2, 0) is 11.9 Å². The fourth-order valence-electron chi connectivity index (χ4n) is 0.928. The van der Waals surface area contributed by atoms with Gasteiger partial charge in [0.05, 0.1) is 4.47 Å². The molecule has 0 atom stereocenters.